The van der Waals surface area contributed by atoms with Gasteiger partial charge in [-0.15, -0.1) is 4.90 Å². The molecule has 50 heavy (non-hydrogen) atoms. The van der Waals surface area contributed by atoms with E-state index in [1.165, 1.54) is 83.1 Å². The zero-order valence-electron chi connectivity index (χ0n) is 30.4. The number of methoxy groups -OCH3 is 1. The first-order valence-corrected chi connectivity index (χ1v) is 15.1. The Kier molecular flexibility index (Phi) is 11.8. The second-order valence-corrected chi connectivity index (χ2v) is 14.7. The van der Waals surface area contributed by atoms with Crippen LogP contribution in [0.3, 0.4) is 0 Å². The number of nitro benzene ring substituents is 1. The number of rotatable bonds is 5. The molecule has 0 fully saturated rings. The minimum atomic E-state index is -1.31. The van der Waals surface area contributed by atoms with E-state index < -0.39 is 86.4 Å². The van der Waals surface area contributed by atoms with E-state index in [1.54, 1.807) is 0 Å². The maximum atomic E-state index is 13.6. The summed E-state index contributed by atoms with van der Waals surface area (Å²) < 4.78 is 26.5. The second kappa shape index (κ2) is 14.5. The van der Waals surface area contributed by atoms with Gasteiger partial charge in [0.25, 0.3) is 0 Å². The normalized spacial score (nSPS) is 11.9. The van der Waals surface area contributed by atoms with E-state index in [0.717, 1.165) is 25.3 Å². The molecule has 1 aromatic heterocycles. The molecule has 0 spiro atoms. The van der Waals surface area contributed by atoms with Gasteiger partial charge in [-0.25, -0.2) is 29.0 Å². The number of hydrogen-bond donors (Lipinski definition) is 1. The molecule has 0 unspecified atom stereocenters. The van der Waals surface area contributed by atoms with Crippen LogP contribution in [-0.2, 0) is 23.7 Å². The molecule has 0 aliphatic rings. The third-order valence-electron chi connectivity index (χ3n) is 5.46. The van der Waals surface area contributed by atoms with Crippen LogP contribution in [0, 0.1) is 10.1 Å². The predicted molar refractivity (Wildman–Crippen MR) is 180 cm³/mol. The van der Waals surface area contributed by atoms with E-state index >= 15 is 0 Å². The highest BCUT2D eigenvalue weighted by Gasteiger charge is 2.39. The quantitative estimate of drug-likeness (QED) is 0.111. The Morgan fingerprint density at radius 2 is 1.08 bits per heavy atom. The third-order valence-corrected chi connectivity index (χ3v) is 5.46. The maximum absolute atomic E-state index is 13.6. The summed E-state index contributed by atoms with van der Waals surface area (Å²) in [4.78, 5) is 87.2. The van der Waals surface area contributed by atoms with Crippen molar-refractivity contribution >= 4 is 53.5 Å². The van der Waals surface area contributed by atoms with Gasteiger partial charge in [0.15, 0.2) is 5.82 Å². The Hall–Kier alpha value is -5.55. The number of nitrogen functional groups attached to an aromatic ring is 1. The molecule has 0 saturated heterocycles. The number of imide groups is 2. The number of carbonyl (C=O) groups is 5. The van der Waals surface area contributed by atoms with Crippen molar-refractivity contribution in [3.05, 3.63) is 33.9 Å². The summed E-state index contributed by atoms with van der Waals surface area (Å²) in [5, 5.41) is 11.8. The van der Waals surface area contributed by atoms with Gasteiger partial charge in [-0.05, 0) is 95.2 Å². The minimum absolute atomic E-state index is 0.125. The molecule has 2 N–H and O–H groups in total. The Bertz CT molecular complexity index is 1550. The number of esters is 1. The summed E-state index contributed by atoms with van der Waals surface area (Å²) in [7, 11) is 0.995. The number of nitrogens with two attached hydrogens (primary N) is 1. The van der Waals surface area contributed by atoms with Crippen molar-refractivity contribution < 1.29 is 52.6 Å². The average Bonchev–Trinajstić information content (AvgIpc) is 2.87. The van der Waals surface area contributed by atoms with Crippen molar-refractivity contribution in [2.24, 2.45) is 0 Å². The van der Waals surface area contributed by atoms with E-state index in [9.17, 15) is 34.1 Å². The van der Waals surface area contributed by atoms with Crippen molar-refractivity contribution in [2.45, 2.75) is 105 Å². The fourth-order valence-electron chi connectivity index (χ4n) is 3.79. The first-order chi connectivity index (χ1) is 22.5. The van der Waals surface area contributed by atoms with E-state index in [4.69, 9.17) is 29.4 Å². The van der Waals surface area contributed by atoms with Gasteiger partial charge in [-0.3, -0.25) is 10.1 Å². The predicted octanol–water partition coefficient (Wildman–Crippen LogP) is 6.77. The molecule has 0 atom stereocenters. The number of amides is 4. The highest BCUT2D eigenvalue weighted by atomic mass is 16.6. The maximum Gasteiger partial charge on any atom is 0.427 e. The van der Waals surface area contributed by atoms with Crippen LogP contribution >= 0.6 is 0 Å². The molecule has 0 bridgehead atoms. The molecular formula is C32H44N6O12. The summed E-state index contributed by atoms with van der Waals surface area (Å²) in [6, 6.07) is 3.12. The van der Waals surface area contributed by atoms with Crippen LogP contribution in [0.2, 0.25) is 0 Å². The van der Waals surface area contributed by atoms with Gasteiger partial charge < -0.3 is 29.4 Å². The summed E-state index contributed by atoms with van der Waals surface area (Å²) >= 11 is 0. The SMILES string of the molecule is COC(=O)c1cc(-c2cc(N(C(=O)OC(C)(C)C)C(=O)OC(C)(C)C)nc(N(C(=O)OC(C)(C)C)C(=O)OC(C)(C)C)n2)cc(N)c1[N+](=O)[O-]. The van der Waals surface area contributed by atoms with Gasteiger partial charge in [0.2, 0.25) is 5.95 Å². The topological polar surface area (TPSA) is 233 Å². The van der Waals surface area contributed by atoms with E-state index in [1.807, 2.05) is 0 Å². The molecule has 4 amide bonds. The van der Waals surface area contributed by atoms with Crippen molar-refractivity contribution in [1.29, 1.82) is 0 Å². The van der Waals surface area contributed by atoms with Crippen LogP contribution in [0.1, 0.15) is 93.4 Å². The van der Waals surface area contributed by atoms with Crippen molar-refractivity contribution in [1.82, 2.24) is 9.97 Å². The molecule has 0 radical (unpaired) electrons. The zero-order chi connectivity index (χ0) is 38.7. The van der Waals surface area contributed by atoms with Crippen LogP contribution in [0.4, 0.5) is 42.3 Å². The summed E-state index contributed by atoms with van der Waals surface area (Å²) in [6.45, 7) is 18.4. The van der Waals surface area contributed by atoms with Crippen molar-refractivity contribution in [2.75, 3.05) is 22.6 Å². The first kappa shape index (κ1) is 40.6. The lowest BCUT2D eigenvalue weighted by Gasteiger charge is -2.29. The molecule has 1 heterocycles. The summed E-state index contributed by atoms with van der Waals surface area (Å²) in [5.41, 5.74) is -0.861. The Morgan fingerprint density at radius 3 is 1.44 bits per heavy atom. The number of benzene rings is 1. The number of anilines is 3. The zero-order valence-corrected chi connectivity index (χ0v) is 30.4. The number of nitro groups is 1. The average molecular weight is 705 g/mol. The number of hydrogen-bond acceptors (Lipinski definition) is 15. The number of carbonyl (C=O) groups excluding carboxylic acids is 5. The monoisotopic (exact) mass is 704 g/mol. The van der Waals surface area contributed by atoms with Gasteiger partial charge >= 0.3 is 36.0 Å². The molecule has 1 aromatic carbocycles. The van der Waals surface area contributed by atoms with E-state index in [0.29, 0.717) is 9.80 Å². The molecule has 18 nitrogen and oxygen atoms in total. The van der Waals surface area contributed by atoms with Crippen LogP contribution in [-0.4, -0.2) is 74.7 Å². The smallest absolute Gasteiger partial charge is 0.427 e. The van der Waals surface area contributed by atoms with E-state index in [2.05, 4.69) is 9.97 Å². The lowest BCUT2D eigenvalue weighted by Crippen LogP contribution is -2.46. The third kappa shape index (κ3) is 11.3. The summed E-state index contributed by atoms with van der Waals surface area (Å²) in [5.74, 6) is -2.51. The van der Waals surface area contributed by atoms with Gasteiger partial charge in [-0.1, -0.05) is 0 Å². The van der Waals surface area contributed by atoms with E-state index in [-0.39, 0.29) is 11.3 Å². The molecule has 274 valence electrons. The molecule has 0 aliphatic heterocycles. The highest BCUT2D eigenvalue weighted by Crippen LogP contribution is 2.35. The standard InChI is InChI=1S/C32H44N6O12/c1-29(2,3)47-25(40)36(26(41)48-30(4,5)6)21-16-20(17-14-18(23(39)46-13)22(38(44)45)19(33)15-17)34-24(35-21)37(27(42)49-31(7,8)9)28(43)50-32(10,11)12/h14-16H,33H2,1-13H3. The largest absolute Gasteiger partial charge is 0.465 e. The number of ether oxygens (including phenoxy) is 5. The van der Waals surface area contributed by atoms with Gasteiger partial charge in [-0.2, -0.15) is 9.88 Å². The molecular weight excluding hydrogens is 660 g/mol. The fourth-order valence-corrected chi connectivity index (χ4v) is 3.79. The Labute approximate surface area is 289 Å². The number of nitrogens with zero attached hydrogens (tertiary/aromatic N) is 5. The molecule has 2 rings (SSSR count). The van der Waals surface area contributed by atoms with Gasteiger partial charge in [0.05, 0.1) is 17.7 Å². The fraction of sp³-hybridized carbons (Fsp3) is 0.531. The Morgan fingerprint density at radius 1 is 0.680 bits per heavy atom. The summed E-state index contributed by atoms with van der Waals surface area (Å²) in [6.07, 6.45) is -5.17. The van der Waals surface area contributed by atoms with Crippen LogP contribution < -0.4 is 15.5 Å². The van der Waals surface area contributed by atoms with Crippen LogP contribution in [0.25, 0.3) is 11.3 Å². The van der Waals surface area contributed by atoms with Crippen molar-refractivity contribution in [3.63, 3.8) is 0 Å². The molecule has 0 saturated carbocycles. The van der Waals surface area contributed by atoms with Crippen molar-refractivity contribution in [3.8, 4) is 11.3 Å². The molecule has 18 heteroatoms. The highest BCUT2D eigenvalue weighted by molar-refractivity contribution is 6.11. The lowest BCUT2D eigenvalue weighted by atomic mass is 10.0. The van der Waals surface area contributed by atoms with Crippen LogP contribution in [0.15, 0.2) is 18.2 Å². The number of aromatic nitrogens is 2. The van der Waals surface area contributed by atoms with Gasteiger partial charge in [0.1, 0.15) is 33.7 Å². The second-order valence-electron chi connectivity index (χ2n) is 14.7. The first-order valence-electron chi connectivity index (χ1n) is 15.1. The van der Waals surface area contributed by atoms with Gasteiger partial charge in [0, 0.05) is 11.6 Å². The Balaban J connectivity index is 3.15. The molecule has 2 aromatic rings. The van der Waals surface area contributed by atoms with Crippen LogP contribution in [0.5, 0.6) is 0 Å². The minimum Gasteiger partial charge on any atom is -0.465 e. The molecule has 0 aliphatic carbocycles. The lowest BCUT2D eigenvalue weighted by molar-refractivity contribution is -0.384.